The summed E-state index contributed by atoms with van der Waals surface area (Å²) in [5.41, 5.74) is -0.179. The molecule has 1 aromatic carbocycles. The number of fused-ring (bicyclic) bond motifs is 2. The molecule has 0 saturated carbocycles. The standard InChI is InChI=1S/C74H122N12O29/c1-5-36(2)30-37(3)14-10-8-6-7-9-11-15-51(97)78-42-32-46(94)66(77-28-27-76-50(96)17-13-19-53(99)80-72-65(107)63(105)60(102)48(35-88)115-72)84-70(111)57-45(93)25-29-85(57)74(113)55(44(92)24-26-75-49(95)16-12-18-52(98)79-71-64(106)62(104)59(101)47(34-87)114-71)82-69(110)56(61(103)58(100)39-20-22-40(90)23-21-39)83-68(109)43-31-41(91)33-86(43)73(112)54(38(4)89)81-67(42)108/h20-23,36-38,41-48,54-66,71-72,77,87-94,100-107H,5-19,24-35H2,1-4H3,(H,75,95)(H,76,96)(H,78,97)(H,79,98)(H,80,99)(H,81,108)(H,82,110)(H,83,109)(H,84,111)/t36-,37+,38+,41+,42-,43-,44+,45-,46+,47+,48+,54-,55-,56-,57?,58-,59-,60-,61-,62-,63-,64+,65+,66-,71+,72+/m0/s1. The third-order valence-corrected chi connectivity index (χ3v) is 21.5. The van der Waals surface area contributed by atoms with Gasteiger partial charge in [-0.05, 0) is 75.0 Å². The molecule has 0 bridgehead atoms. The van der Waals surface area contributed by atoms with E-state index in [0.717, 1.165) is 85.9 Å². The lowest BCUT2D eigenvalue weighted by Gasteiger charge is -2.40. The normalized spacial score (nSPS) is 30.9. The number of amides is 11. The van der Waals surface area contributed by atoms with Crippen molar-refractivity contribution in [3.8, 4) is 5.75 Å². The molecule has 115 heavy (non-hydrogen) atoms. The van der Waals surface area contributed by atoms with Crippen LogP contribution in [0.1, 0.15) is 168 Å². The molecular weight excluding hydrogens is 1520 g/mol. The Hall–Kier alpha value is -7.53. The summed E-state index contributed by atoms with van der Waals surface area (Å²) in [6.45, 7) is 3.72. The number of nitrogens with one attached hydrogen (secondary N) is 10. The number of nitrogens with zero attached hydrogens (tertiary/aromatic N) is 2. The Kier molecular flexibility index (Phi) is 39.5. The number of aromatic hydroxyl groups is 1. The first-order chi connectivity index (χ1) is 54.5. The van der Waals surface area contributed by atoms with Crippen LogP contribution in [0.2, 0.25) is 0 Å². The van der Waals surface area contributed by atoms with Crippen LogP contribution in [-0.2, 0) is 62.2 Å². The third-order valence-electron chi connectivity index (χ3n) is 21.5. The average molecular weight is 1640 g/mol. The fourth-order valence-corrected chi connectivity index (χ4v) is 14.5. The number of aliphatic hydroxyl groups is 15. The molecule has 6 rings (SSSR count). The summed E-state index contributed by atoms with van der Waals surface area (Å²) in [5, 5.41) is 198. The van der Waals surface area contributed by atoms with Gasteiger partial charge in [0.2, 0.25) is 65.0 Å². The fraction of sp³-hybridized carbons (Fsp3) is 0.770. The van der Waals surface area contributed by atoms with E-state index in [2.05, 4.69) is 73.9 Å². The smallest absolute Gasteiger partial charge is 0.248 e. The van der Waals surface area contributed by atoms with Crippen LogP contribution >= 0.6 is 0 Å². The number of carbonyl (C=O) groups is 11. The number of phenols is 1. The van der Waals surface area contributed by atoms with Gasteiger partial charge in [0, 0.05) is 77.7 Å². The fourth-order valence-electron chi connectivity index (χ4n) is 14.5. The summed E-state index contributed by atoms with van der Waals surface area (Å²) in [7, 11) is 0. The summed E-state index contributed by atoms with van der Waals surface area (Å²) in [6, 6.07) is -8.09. The maximum absolute atomic E-state index is 15.4. The molecule has 1 unspecified atom stereocenters. The minimum atomic E-state index is -2.47. The average Bonchev–Trinajstić information content (AvgIpc) is 1.68. The van der Waals surface area contributed by atoms with E-state index in [-0.39, 0.29) is 69.3 Å². The van der Waals surface area contributed by atoms with Gasteiger partial charge in [-0.1, -0.05) is 77.8 Å². The molecule has 5 aliphatic rings. The van der Waals surface area contributed by atoms with Crippen molar-refractivity contribution in [2.45, 2.75) is 303 Å². The molecule has 0 aliphatic carbocycles. The predicted octanol–water partition coefficient (Wildman–Crippen LogP) is -8.82. The van der Waals surface area contributed by atoms with E-state index in [0.29, 0.717) is 24.7 Å². The highest BCUT2D eigenvalue weighted by Gasteiger charge is 2.51. The highest BCUT2D eigenvalue weighted by molar-refractivity contribution is 5.98. The first kappa shape index (κ1) is 96.3. The number of rotatable bonds is 37. The Morgan fingerprint density at radius 3 is 1.60 bits per heavy atom. The highest BCUT2D eigenvalue weighted by atomic mass is 16.6. The van der Waals surface area contributed by atoms with Crippen molar-refractivity contribution in [2.75, 3.05) is 45.9 Å². The van der Waals surface area contributed by atoms with Gasteiger partial charge in [-0.25, -0.2) is 0 Å². The van der Waals surface area contributed by atoms with Crippen LogP contribution in [-0.4, -0.2) is 343 Å². The molecule has 1 aromatic rings. The highest BCUT2D eigenvalue weighted by Crippen LogP contribution is 2.29. The van der Waals surface area contributed by atoms with Crippen molar-refractivity contribution in [1.82, 2.24) is 63.0 Å². The van der Waals surface area contributed by atoms with Gasteiger partial charge in [0.15, 0.2) is 12.5 Å². The number of aliphatic hydroxyl groups excluding tert-OH is 15. The number of phenolic OH excluding ortho intramolecular Hbond substituents is 1. The maximum atomic E-state index is 15.4. The van der Waals surface area contributed by atoms with Crippen LogP contribution in [0.3, 0.4) is 0 Å². The van der Waals surface area contributed by atoms with Gasteiger partial charge in [-0.3, -0.25) is 58.1 Å². The van der Waals surface area contributed by atoms with Crippen molar-refractivity contribution >= 4 is 65.0 Å². The number of carbonyl (C=O) groups excluding carboxylic acids is 11. The molecule has 26 atom stereocenters. The molecule has 0 spiro atoms. The zero-order valence-electron chi connectivity index (χ0n) is 65.3. The number of benzene rings is 1. The quantitative estimate of drug-likeness (QED) is 0.0275. The van der Waals surface area contributed by atoms with E-state index in [9.17, 15) is 120 Å². The second kappa shape index (κ2) is 47.2. The van der Waals surface area contributed by atoms with Crippen LogP contribution in [0.15, 0.2) is 24.3 Å². The van der Waals surface area contributed by atoms with Gasteiger partial charge in [-0.15, -0.1) is 0 Å². The minimum Gasteiger partial charge on any atom is -0.508 e. The number of hydrogen-bond acceptors (Lipinski definition) is 30. The topological polar surface area (TPSA) is 657 Å². The van der Waals surface area contributed by atoms with Crippen LogP contribution in [0, 0.1) is 11.8 Å². The van der Waals surface area contributed by atoms with E-state index >= 15 is 14.4 Å². The molecule has 5 aliphatic heterocycles. The lowest BCUT2D eigenvalue weighted by molar-refractivity contribution is -0.236. The summed E-state index contributed by atoms with van der Waals surface area (Å²) in [5.74, 6) is -10.8. The lowest BCUT2D eigenvalue weighted by atomic mass is 9.91. The molecular formula is C74H122N12O29. The molecule has 5 heterocycles. The van der Waals surface area contributed by atoms with Gasteiger partial charge in [0.25, 0.3) is 0 Å². The second-order valence-corrected chi connectivity index (χ2v) is 30.7. The number of ether oxygens (including phenoxy) is 2. The van der Waals surface area contributed by atoms with Crippen LogP contribution < -0.4 is 53.2 Å². The van der Waals surface area contributed by atoms with Crippen molar-refractivity contribution in [2.24, 2.45) is 11.8 Å². The van der Waals surface area contributed by atoms with Gasteiger partial charge in [-0.2, -0.15) is 0 Å². The van der Waals surface area contributed by atoms with Crippen molar-refractivity contribution < 1.29 is 144 Å². The third kappa shape index (κ3) is 28.6. The molecule has 5 saturated heterocycles. The number of hydrogen-bond donors (Lipinski definition) is 26. The Bertz CT molecular complexity index is 3310. The first-order valence-electron chi connectivity index (χ1n) is 39.6. The Labute approximate surface area is 665 Å². The SMILES string of the molecule is CC[C@H](C)C[C@H](C)CCCCCCCCC(=O)N[C@H]1C[C@@H](O)[C@@H](NCCNC(=O)CCCC(=O)N[C@@H]2O[C@H](CO)[C@H](O)[C@H](O)[C@H]2O)NC(=O)C2[C@@H](O)CCN2C(=O)[C@H]([C@H](O)CCNC(=O)CCCC(=O)N[C@@H]2O[C@H](CO)[C@H](O)[C@H](O)[C@H]2O)NC(=O)[C@H]([C@H](O)[C@@H](O)c2ccc(O)cc2)NC(=O)[C@@H]2C[C@@H](O)CN2C(=O)[C@H]([C@@H](C)O)NC1=O. The van der Waals surface area contributed by atoms with Gasteiger partial charge in [0.05, 0.1) is 43.7 Å². The van der Waals surface area contributed by atoms with E-state index in [1.165, 1.54) is 0 Å². The molecule has 41 heteroatoms. The molecule has 5 fully saturated rings. The molecule has 41 nitrogen and oxygen atoms in total. The van der Waals surface area contributed by atoms with Gasteiger partial charge in [0.1, 0.15) is 109 Å². The van der Waals surface area contributed by atoms with Crippen LogP contribution in [0.4, 0.5) is 0 Å². The van der Waals surface area contributed by atoms with Crippen molar-refractivity contribution in [3.05, 3.63) is 29.8 Å². The van der Waals surface area contributed by atoms with Gasteiger partial charge >= 0.3 is 0 Å². The predicted molar refractivity (Wildman–Crippen MR) is 400 cm³/mol. The molecule has 652 valence electrons. The first-order valence-corrected chi connectivity index (χ1v) is 39.6. The molecule has 0 aromatic heterocycles. The largest absolute Gasteiger partial charge is 0.508 e. The van der Waals surface area contributed by atoms with E-state index < -0.39 is 270 Å². The number of unbranched alkanes of at least 4 members (excludes halogenated alkanes) is 5. The molecule has 26 N–H and O–H groups in total. The monoisotopic (exact) mass is 1640 g/mol. The molecule has 0 radical (unpaired) electrons. The maximum Gasteiger partial charge on any atom is 0.248 e. The van der Waals surface area contributed by atoms with Crippen molar-refractivity contribution in [3.63, 3.8) is 0 Å². The Balaban J connectivity index is 1.31. The Morgan fingerprint density at radius 2 is 1.03 bits per heavy atom. The summed E-state index contributed by atoms with van der Waals surface area (Å²) in [4.78, 5) is 158. The van der Waals surface area contributed by atoms with Gasteiger partial charge < -0.3 is 149 Å². The van der Waals surface area contributed by atoms with E-state index in [4.69, 9.17) is 9.47 Å². The summed E-state index contributed by atoms with van der Waals surface area (Å²) in [6.07, 6.45) is -28.7. The van der Waals surface area contributed by atoms with Crippen molar-refractivity contribution in [1.29, 1.82) is 0 Å². The lowest BCUT2D eigenvalue weighted by Crippen LogP contribution is -2.65. The minimum absolute atomic E-state index is 0.111. The summed E-state index contributed by atoms with van der Waals surface area (Å²) < 4.78 is 10.6. The molecule has 11 amide bonds. The zero-order chi connectivity index (χ0) is 85.1. The second-order valence-electron chi connectivity index (χ2n) is 30.7. The van der Waals surface area contributed by atoms with Crippen LogP contribution in [0.5, 0.6) is 5.75 Å². The van der Waals surface area contributed by atoms with E-state index in [1.54, 1.807) is 0 Å². The zero-order valence-corrected chi connectivity index (χ0v) is 65.3. The summed E-state index contributed by atoms with van der Waals surface area (Å²) >= 11 is 0. The Morgan fingerprint density at radius 1 is 0.522 bits per heavy atom. The van der Waals surface area contributed by atoms with E-state index in [1.807, 2.05) is 0 Å². The van der Waals surface area contributed by atoms with Crippen LogP contribution in [0.25, 0.3) is 0 Å².